The van der Waals surface area contributed by atoms with Crippen molar-refractivity contribution in [1.82, 2.24) is 14.9 Å². The molecule has 1 aromatic heterocycles. The lowest BCUT2D eigenvalue weighted by atomic mass is 10.1. The SMILES string of the molecule is Cc1cnc(-c2cccc(CN3CCOCC3)c2)nc1N. The van der Waals surface area contributed by atoms with Crippen LogP contribution in [0.1, 0.15) is 11.1 Å². The maximum absolute atomic E-state index is 5.87. The van der Waals surface area contributed by atoms with E-state index in [1.807, 2.05) is 19.1 Å². The molecule has 2 N–H and O–H groups in total. The van der Waals surface area contributed by atoms with Crippen LogP contribution in [-0.2, 0) is 11.3 Å². The highest BCUT2D eigenvalue weighted by Gasteiger charge is 2.11. The highest BCUT2D eigenvalue weighted by molar-refractivity contribution is 5.58. The highest BCUT2D eigenvalue weighted by Crippen LogP contribution is 2.19. The van der Waals surface area contributed by atoms with Crippen molar-refractivity contribution in [3.05, 3.63) is 41.6 Å². The van der Waals surface area contributed by atoms with E-state index in [0.29, 0.717) is 11.6 Å². The second-order valence-electron chi connectivity index (χ2n) is 5.35. The molecule has 1 saturated heterocycles. The summed E-state index contributed by atoms with van der Waals surface area (Å²) < 4.78 is 5.38. The third-order valence-corrected chi connectivity index (χ3v) is 3.71. The number of nitrogens with two attached hydrogens (primary N) is 1. The van der Waals surface area contributed by atoms with Gasteiger partial charge in [-0.3, -0.25) is 4.90 Å². The molecule has 0 bridgehead atoms. The van der Waals surface area contributed by atoms with Crippen LogP contribution in [0.2, 0.25) is 0 Å². The highest BCUT2D eigenvalue weighted by atomic mass is 16.5. The van der Waals surface area contributed by atoms with Gasteiger partial charge in [0.15, 0.2) is 5.82 Å². The second kappa shape index (κ2) is 6.20. The van der Waals surface area contributed by atoms with Crippen molar-refractivity contribution in [3.8, 4) is 11.4 Å². The van der Waals surface area contributed by atoms with Crippen molar-refractivity contribution in [3.63, 3.8) is 0 Å². The zero-order chi connectivity index (χ0) is 14.7. The number of rotatable bonds is 3. The maximum atomic E-state index is 5.87. The first-order valence-corrected chi connectivity index (χ1v) is 7.21. The smallest absolute Gasteiger partial charge is 0.161 e. The summed E-state index contributed by atoms with van der Waals surface area (Å²) in [6.07, 6.45) is 1.77. The molecule has 0 saturated carbocycles. The van der Waals surface area contributed by atoms with Gasteiger partial charge in [-0.1, -0.05) is 18.2 Å². The first-order chi connectivity index (χ1) is 10.2. The van der Waals surface area contributed by atoms with Crippen LogP contribution in [0, 0.1) is 6.92 Å². The van der Waals surface area contributed by atoms with Crippen LogP contribution in [0.3, 0.4) is 0 Å². The number of nitrogens with zero attached hydrogens (tertiary/aromatic N) is 3. The fourth-order valence-electron chi connectivity index (χ4n) is 2.42. The molecule has 0 spiro atoms. The molecule has 1 fully saturated rings. The lowest BCUT2D eigenvalue weighted by Crippen LogP contribution is -2.35. The molecule has 2 aromatic rings. The Kier molecular flexibility index (Phi) is 4.13. The van der Waals surface area contributed by atoms with Crippen molar-refractivity contribution in [2.75, 3.05) is 32.0 Å². The lowest BCUT2D eigenvalue weighted by Gasteiger charge is -2.26. The molecule has 0 unspecified atom stereocenters. The number of aryl methyl sites for hydroxylation is 1. The van der Waals surface area contributed by atoms with Gasteiger partial charge in [0.25, 0.3) is 0 Å². The van der Waals surface area contributed by atoms with Gasteiger partial charge in [0.2, 0.25) is 0 Å². The van der Waals surface area contributed by atoms with Crippen LogP contribution in [0.4, 0.5) is 5.82 Å². The Morgan fingerprint density at radius 1 is 1.29 bits per heavy atom. The quantitative estimate of drug-likeness (QED) is 0.932. The van der Waals surface area contributed by atoms with Gasteiger partial charge in [-0.05, 0) is 18.6 Å². The summed E-state index contributed by atoms with van der Waals surface area (Å²) >= 11 is 0. The molecule has 0 atom stereocenters. The minimum Gasteiger partial charge on any atom is -0.383 e. The maximum Gasteiger partial charge on any atom is 0.161 e. The zero-order valence-corrected chi connectivity index (χ0v) is 12.2. The number of hydrogen-bond donors (Lipinski definition) is 1. The van der Waals surface area contributed by atoms with E-state index in [2.05, 4.69) is 27.0 Å². The van der Waals surface area contributed by atoms with Gasteiger partial charge in [0.1, 0.15) is 5.82 Å². The Bertz CT molecular complexity index is 623. The van der Waals surface area contributed by atoms with Crippen LogP contribution in [0.5, 0.6) is 0 Å². The summed E-state index contributed by atoms with van der Waals surface area (Å²) in [6, 6.07) is 8.34. The van der Waals surface area contributed by atoms with Crippen LogP contribution >= 0.6 is 0 Å². The van der Waals surface area contributed by atoms with E-state index in [0.717, 1.165) is 44.0 Å². The molecular weight excluding hydrogens is 264 g/mol. The Balaban J connectivity index is 1.80. The van der Waals surface area contributed by atoms with Crippen molar-refractivity contribution in [2.45, 2.75) is 13.5 Å². The molecular formula is C16H20N4O. The molecule has 3 rings (SSSR count). The Morgan fingerprint density at radius 3 is 2.86 bits per heavy atom. The van der Waals surface area contributed by atoms with Gasteiger partial charge in [-0.2, -0.15) is 0 Å². The average Bonchev–Trinajstić information content (AvgIpc) is 2.51. The van der Waals surface area contributed by atoms with Crippen LogP contribution in [0.15, 0.2) is 30.5 Å². The number of nitrogen functional groups attached to an aromatic ring is 1. The van der Waals surface area contributed by atoms with E-state index in [1.54, 1.807) is 6.20 Å². The number of benzene rings is 1. The minimum absolute atomic E-state index is 0.540. The predicted octanol–water partition coefficient (Wildman–Crippen LogP) is 1.87. The Labute approximate surface area is 124 Å². The monoisotopic (exact) mass is 284 g/mol. The van der Waals surface area contributed by atoms with Crippen molar-refractivity contribution < 1.29 is 4.74 Å². The summed E-state index contributed by atoms with van der Waals surface area (Å²) in [7, 11) is 0. The second-order valence-corrected chi connectivity index (χ2v) is 5.35. The normalized spacial score (nSPS) is 16.0. The van der Waals surface area contributed by atoms with Gasteiger partial charge in [-0.15, -0.1) is 0 Å². The van der Waals surface area contributed by atoms with E-state index in [4.69, 9.17) is 10.5 Å². The van der Waals surface area contributed by atoms with Crippen LogP contribution in [0.25, 0.3) is 11.4 Å². The van der Waals surface area contributed by atoms with Gasteiger partial charge in [-0.25, -0.2) is 9.97 Å². The lowest BCUT2D eigenvalue weighted by molar-refractivity contribution is 0.0342. The molecule has 0 radical (unpaired) electrons. The Morgan fingerprint density at radius 2 is 2.10 bits per heavy atom. The summed E-state index contributed by atoms with van der Waals surface area (Å²) in [4.78, 5) is 11.1. The number of anilines is 1. The van der Waals surface area contributed by atoms with E-state index >= 15 is 0 Å². The zero-order valence-electron chi connectivity index (χ0n) is 12.2. The minimum atomic E-state index is 0.540. The number of ether oxygens (including phenoxy) is 1. The topological polar surface area (TPSA) is 64.3 Å². The fraction of sp³-hybridized carbons (Fsp3) is 0.375. The number of morpholine rings is 1. The van der Waals surface area contributed by atoms with E-state index < -0.39 is 0 Å². The molecule has 0 amide bonds. The molecule has 5 nitrogen and oxygen atoms in total. The van der Waals surface area contributed by atoms with Gasteiger partial charge in [0.05, 0.1) is 13.2 Å². The van der Waals surface area contributed by atoms with Crippen LogP contribution < -0.4 is 5.73 Å². The summed E-state index contributed by atoms with van der Waals surface area (Å²) in [5.41, 5.74) is 9.05. The van der Waals surface area contributed by atoms with E-state index in [9.17, 15) is 0 Å². The van der Waals surface area contributed by atoms with Crippen LogP contribution in [-0.4, -0.2) is 41.2 Å². The molecule has 1 aromatic carbocycles. The number of aromatic nitrogens is 2. The predicted molar refractivity (Wildman–Crippen MR) is 82.7 cm³/mol. The number of hydrogen-bond acceptors (Lipinski definition) is 5. The molecule has 1 aliphatic rings. The van der Waals surface area contributed by atoms with E-state index in [1.165, 1.54) is 5.56 Å². The standard InChI is InChI=1S/C16H20N4O/c1-12-10-18-16(19-15(12)17)14-4-2-3-13(9-14)11-20-5-7-21-8-6-20/h2-4,9-10H,5-8,11H2,1H3,(H2,17,18,19). The van der Waals surface area contributed by atoms with Crippen molar-refractivity contribution in [1.29, 1.82) is 0 Å². The molecule has 1 aliphatic heterocycles. The summed E-state index contributed by atoms with van der Waals surface area (Å²) in [5, 5.41) is 0. The fourth-order valence-corrected chi connectivity index (χ4v) is 2.42. The third kappa shape index (κ3) is 3.37. The van der Waals surface area contributed by atoms with Gasteiger partial charge < -0.3 is 10.5 Å². The molecule has 2 heterocycles. The molecule has 5 heteroatoms. The molecule has 0 aliphatic carbocycles. The van der Waals surface area contributed by atoms with Gasteiger partial charge in [0, 0.05) is 37.0 Å². The van der Waals surface area contributed by atoms with Gasteiger partial charge >= 0.3 is 0 Å². The largest absolute Gasteiger partial charge is 0.383 e. The molecule has 110 valence electrons. The first-order valence-electron chi connectivity index (χ1n) is 7.21. The van der Waals surface area contributed by atoms with Crippen molar-refractivity contribution in [2.24, 2.45) is 0 Å². The van der Waals surface area contributed by atoms with Crippen molar-refractivity contribution >= 4 is 5.82 Å². The summed E-state index contributed by atoms with van der Waals surface area (Å²) in [6.45, 7) is 6.44. The van der Waals surface area contributed by atoms with E-state index in [-0.39, 0.29) is 0 Å². The Hall–Kier alpha value is -1.98. The first kappa shape index (κ1) is 14.0. The summed E-state index contributed by atoms with van der Waals surface area (Å²) in [5.74, 6) is 1.22. The molecule has 21 heavy (non-hydrogen) atoms. The third-order valence-electron chi connectivity index (χ3n) is 3.71. The average molecular weight is 284 g/mol.